The van der Waals surface area contributed by atoms with E-state index in [1.807, 2.05) is 11.8 Å². The highest BCUT2D eigenvalue weighted by Crippen LogP contribution is 2.33. The largest absolute Gasteiger partial charge is 0.368 e. The molecule has 3 amide bonds. The number of hydrogen-bond donors (Lipinski definition) is 1. The van der Waals surface area contributed by atoms with E-state index >= 15 is 0 Å². The number of carbonyl (C=O) groups is 3. The number of carbonyl (C=O) groups excluding carboxylic acids is 3. The van der Waals surface area contributed by atoms with Crippen LogP contribution in [0.1, 0.15) is 61.7 Å². The Balaban J connectivity index is 1.38. The normalized spacial score (nSPS) is 22.1. The van der Waals surface area contributed by atoms with Crippen molar-refractivity contribution in [1.29, 1.82) is 0 Å². The van der Waals surface area contributed by atoms with Crippen molar-refractivity contribution in [2.24, 2.45) is 5.73 Å². The molecule has 0 spiro atoms. The van der Waals surface area contributed by atoms with Gasteiger partial charge in [0.25, 0.3) is 0 Å². The van der Waals surface area contributed by atoms with Crippen LogP contribution in [0.5, 0.6) is 0 Å². The quantitative estimate of drug-likeness (QED) is 0.782. The van der Waals surface area contributed by atoms with Crippen LogP contribution in [0, 0.1) is 13.8 Å². The van der Waals surface area contributed by atoms with Crippen LogP contribution >= 0.6 is 11.3 Å². The van der Waals surface area contributed by atoms with Crippen LogP contribution in [-0.2, 0) is 14.4 Å². The van der Waals surface area contributed by atoms with Crippen LogP contribution < -0.4 is 5.73 Å². The lowest BCUT2D eigenvalue weighted by atomic mass is 9.95. The molecule has 2 saturated heterocycles. The highest BCUT2D eigenvalue weighted by atomic mass is 32.1. The van der Waals surface area contributed by atoms with E-state index in [1.165, 1.54) is 10.5 Å². The van der Waals surface area contributed by atoms with E-state index in [-0.39, 0.29) is 30.6 Å². The van der Waals surface area contributed by atoms with Gasteiger partial charge in [-0.1, -0.05) is 0 Å². The van der Waals surface area contributed by atoms with Crippen LogP contribution in [-0.4, -0.2) is 62.6 Å². The summed E-state index contributed by atoms with van der Waals surface area (Å²) in [6.45, 7) is 6.01. The summed E-state index contributed by atoms with van der Waals surface area (Å²) in [7, 11) is 0. The molecule has 2 aromatic heterocycles. The molecular formula is C21H29N5O3S. The monoisotopic (exact) mass is 431 g/mol. The topological polar surface area (TPSA) is 101 Å². The Morgan fingerprint density at radius 1 is 1.13 bits per heavy atom. The third-order valence-corrected chi connectivity index (χ3v) is 7.41. The summed E-state index contributed by atoms with van der Waals surface area (Å²) >= 11 is 1.70. The van der Waals surface area contributed by atoms with Gasteiger partial charge in [-0.05, 0) is 39.5 Å². The van der Waals surface area contributed by atoms with Gasteiger partial charge in [0.1, 0.15) is 16.7 Å². The van der Waals surface area contributed by atoms with Gasteiger partial charge >= 0.3 is 0 Å². The number of amides is 3. The van der Waals surface area contributed by atoms with E-state index in [4.69, 9.17) is 10.7 Å². The fraction of sp³-hybridized carbons (Fsp3) is 0.619. The fourth-order valence-electron chi connectivity index (χ4n) is 4.83. The van der Waals surface area contributed by atoms with Gasteiger partial charge in [0.15, 0.2) is 0 Å². The SMILES string of the molecule is Cc1csc2c(C3CCCN(C(=O)CCC(=O)N4CCCC4C(N)=O)C3)nc(C)n12. The first-order valence-electron chi connectivity index (χ1n) is 10.7. The second kappa shape index (κ2) is 8.37. The number of nitrogens with two attached hydrogens (primary N) is 1. The number of imidazole rings is 1. The van der Waals surface area contributed by atoms with Crippen LogP contribution in [0.25, 0.3) is 4.83 Å². The molecule has 2 aromatic rings. The Bertz CT molecular complexity index is 981. The Kier molecular flexibility index (Phi) is 5.81. The first-order chi connectivity index (χ1) is 14.4. The van der Waals surface area contributed by atoms with Crippen molar-refractivity contribution in [2.75, 3.05) is 19.6 Å². The van der Waals surface area contributed by atoms with Gasteiger partial charge in [0.05, 0.1) is 5.69 Å². The molecule has 4 heterocycles. The molecule has 0 radical (unpaired) electrons. The first kappa shape index (κ1) is 20.8. The summed E-state index contributed by atoms with van der Waals surface area (Å²) in [6, 6.07) is -0.521. The second-order valence-corrected chi connectivity index (χ2v) is 9.25. The average Bonchev–Trinajstić information content (AvgIpc) is 3.44. The molecule has 0 aliphatic carbocycles. The molecule has 0 saturated carbocycles. The number of aryl methyl sites for hydroxylation is 2. The van der Waals surface area contributed by atoms with Crippen molar-refractivity contribution in [3.8, 4) is 0 Å². The molecule has 2 unspecified atom stereocenters. The second-order valence-electron chi connectivity index (χ2n) is 8.39. The highest BCUT2D eigenvalue weighted by molar-refractivity contribution is 7.15. The zero-order valence-electron chi connectivity index (χ0n) is 17.6. The minimum absolute atomic E-state index is 0.00240. The Morgan fingerprint density at radius 3 is 2.63 bits per heavy atom. The summed E-state index contributed by atoms with van der Waals surface area (Å²) < 4.78 is 2.19. The number of likely N-dealkylation sites (tertiary alicyclic amines) is 2. The predicted octanol–water partition coefficient (Wildman–Crippen LogP) is 1.98. The lowest BCUT2D eigenvalue weighted by Crippen LogP contribution is -2.44. The molecule has 2 aliphatic heterocycles. The van der Waals surface area contributed by atoms with Gasteiger partial charge in [0.2, 0.25) is 17.7 Å². The number of nitrogens with zero attached hydrogens (tertiary/aromatic N) is 4. The van der Waals surface area contributed by atoms with Gasteiger partial charge in [-0.25, -0.2) is 4.98 Å². The lowest BCUT2D eigenvalue weighted by Gasteiger charge is -2.32. The van der Waals surface area contributed by atoms with E-state index < -0.39 is 11.9 Å². The summed E-state index contributed by atoms with van der Waals surface area (Å²) in [5, 5.41) is 2.14. The molecule has 0 bridgehead atoms. The third-order valence-electron chi connectivity index (χ3n) is 6.34. The molecule has 8 nitrogen and oxygen atoms in total. The predicted molar refractivity (Wildman–Crippen MR) is 114 cm³/mol. The van der Waals surface area contributed by atoms with Crippen LogP contribution in [0.3, 0.4) is 0 Å². The third kappa shape index (κ3) is 3.82. The smallest absolute Gasteiger partial charge is 0.240 e. The van der Waals surface area contributed by atoms with Gasteiger partial charge in [-0.2, -0.15) is 0 Å². The maximum atomic E-state index is 12.8. The van der Waals surface area contributed by atoms with Crippen molar-refractivity contribution in [1.82, 2.24) is 19.2 Å². The number of aromatic nitrogens is 2. The van der Waals surface area contributed by atoms with Gasteiger partial charge in [-0.15, -0.1) is 11.3 Å². The molecule has 2 fully saturated rings. The Labute approximate surface area is 180 Å². The molecule has 4 rings (SSSR count). The van der Waals surface area contributed by atoms with E-state index in [1.54, 1.807) is 16.2 Å². The molecular weight excluding hydrogens is 402 g/mol. The minimum Gasteiger partial charge on any atom is -0.368 e. The first-order valence-corrected chi connectivity index (χ1v) is 11.5. The van der Waals surface area contributed by atoms with Gasteiger partial charge in [-0.3, -0.25) is 18.8 Å². The summed E-state index contributed by atoms with van der Waals surface area (Å²) in [5.74, 6) is 0.591. The van der Waals surface area contributed by atoms with E-state index in [0.717, 1.165) is 37.3 Å². The van der Waals surface area contributed by atoms with Crippen molar-refractivity contribution < 1.29 is 14.4 Å². The summed E-state index contributed by atoms with van der Waals surface area (Å²) in [6.07, 6.45) is 3.64. The average molecular weight is 432 g/mol. The summed E-state index contributed by atoms with van der Waals surface area (Å²) in [5.41, 5.74) is 7.67. The fourth-order valence-corrected chi connectivity index (χ4v) is 5.93. The maximum Gasteiger partial charge on any atom is 0.240 e. The number of rotatable bonds is 5. The number of thiazole rings is 1. The van der Waals surface area contributed by atoms with Crippen molar-refractivity contribution in [3.05, 3.63) is 22.6 Å². The minimum atomic E-state index is -0.521. The Morgan fingerprint density at radius 2 is 1.87 bits per heavy atom. The van der Waals surface area contributed by atoms with Crippen molar-refractivity contribution in [2.45, 2.75) is 64.3 Å². The summed E-state index contributed by atoms with van der Waals surface area (Å²) in [4.78, 5) is 46.3. The molecule has 162 valence electrons. The van der Waals surface area contributed by atoms with Gasteiger partial charge in [0, 0.05) is 49.5 Å². The zero-order valence-corrected chi connectivity index (χ0v) is 18.4. The van der Waals surface area contributed by atoms with Crippen LogP contribution in [0.4, 0.5) is 0 Å². The van der Waals surface area contributed by atoms with Crippen LogP contribution in [0.15, 0.2) is 5.38 Å². The van der Waals surface area contributed by atoms with Crippen molar-refractivity contribution in [3.63, 3.8) is 0 Å². The maximum absolute atomic E-state index is 12.8. The van der Waals surface area contributed by atoms with E-state index in [0.29, 0.717) is 19.5 Å². The Hall–Kier alpha value is -2.42. The zero-order chi connectivity index (χ0) is 21.4. The number of fused-ring (bicyclic) bond motifs is 1. The van der Waals surface area contributed by atoms with E-state index in [9.17, 15) is 14.4 Å². The van der Waals surface area contributed by atoms with Gasteiger partial charge < -0.3 is 15.5 Å². The molecule has 2 atom stereocenters. The number of primary amides is 1. The number of hydrogen-bond acceptors (Lipinski definition) is 5. The van der Waals surface area contributed by atoms with Crippen molar-refractivity contribution >= 4 is 33.9 Å². The molecule has 2 aliphatic rings. The van der Waals surface area contributed by atoms with E-state index in [2.05, 4.69) is 16.7 Å². The van der Waals surface area contributed by atoms with Crippen LogP contribution in [0.2, 0.25) is 0 Å². The molecule has 2 N–H and O–H groups in total. The highest BCUT2D eigenvalue weighted by Gasteiger charge is 2.33. The number of piperidine rings is 1. The molecule has 9 heteroatoms. The molecule has 0 aromatic carbocycles. The standard InChI is InChI=1S/C21H29N5O3S/c1-13-12-30-21-19(23-14(2)26(13)21)15-5-3-9-24(11-15)17(27)7-8-18(28)25-10-4-6-16(25)20(22)29/h12,15-16H,3-11H2,1-2H3,(H2,22,29). The lowest BCUT2D eigenvalue weighted by molar-refractivity contribution is -0.140. The molecule has 30 heavy (non-hydrogen) atoms.